The van der Waals surface area contributed by atoms with Crippen molar-refractivity contribution in [2.45, 2.75) is 30.9 Å². The van der Waals surface area contributed by atoms with Crippen molar-refractivity contribution in [1.82, 2.24) is 5.32 Å². The molecule has 0 saturated carbocycles. The largest absolute Gasteiger partial charge is 0.480 e. The highest BCUT2D eigenvalue weighted by Gasteiger charge is 2.45. The van der Waals surface area contributed by atoms with Gasteiger partial charge < -0.3 is 19.9 Å². The van der Waals surface area contributed by atoms with E-state index in [4.69, 9.17) is 4.74 Å². The Morgan fingerprint density at radius 1 is 1.24 bits per heavy atom. The topological polar surface area (TPSA) is 84.9 Å². The van der Waals surface area contributed by atoms with Crippen molar-refractivity contribution in [3.63, 3.8) is 0 Å². The molecular weight excluding hydrogens is 350 g/mol. The monoisotopic (exact) mass is 365 g/mol. The van der Waals surface area contributed by atoms with Gasteiger partial charge in [-0.1, -0.05) is 12.1 Å². The van der Waals surface area contributed by atoms with Crippen molar-refractivity contribution in [2.24, 2.45) is 0 Å². The van der Waals surface area contributed by atoms with E-state index < -0.39 is 41.3 Å². The van der Waals surface area contributed by atoms with Crippen LogP contribution < -0.4 is 10.1 Å². The molecule has 2 rings (SSSR count). The lowest BCUT2D eigenvalue weighted by molar-refractivity contribution is -0.253. The number of carbonyl (C=O) groups excluding carboxylic acids is 1. The van der Waals surface area contributed by atoms with E-state index in [1.165, 1.54) is 12.1 Å². The van der Waals surface area contributed by atoms with E-state index in [0.29, 0.717) is 0 Å². The maximum absolute atomic E-state index is 13.1. The zero-order valence-electron chi connectivity index (χ0n) is 12.8. The molecule has 138 valence electrons. The molecule has 0 radical (unpaired) electrons. The van der Waals surface area contributed by atoms with E-state index in [1.54, 1.807) is 0 Å². The SMILES string of the molecule is O=C(NC1(C(=O)O)CCOCC1)c1ccccc1OC(F)(F)C(F)F. The summed E-state index contributed by atoms with van der Waals surface area (Å²) in [5, 5.41) is 11.7. The molecule has 0 atom stereocenters. The molecule has 0 spiro atoms. The van der Waals surface area contributed by atoms with Gasteiger partial charge in [0.05, 0.1) is 5.56 Å². The molecule has 1 amide bonds. The summed E-state index contributed by atoms with van der Waals surface area (Å²) in [7, 11) is 0. The van der Waals surface area contributed by atoms with Crippen LogP contribution in [0.2, 0.25) is 0 Å². The Morgan fingerprint density at radius 2 is 1.84 bits per heavy atom. The summed E-state index contributed by atoms with van der Waals surface area (Å²) in [4.78, 5) is 23.9. The number of carbonyl (C=O) groups is 2. The summed E-state index contributed by atoms with van der Waals surface area (Å²) in [5.41, 5.74) is -2.11. The van der Waals surface area contributed by atoms with E-state index in [9.17, 15) is 32.3 Å². The number of hydrogen-bond donors (Lipinski definition) is 2. The van der Waals surface area contributed by atoms with E-state index in [-0.39, 0.29) is 26.1 Å². The van der Waals surface area contributed by atoms with Crippen molar-refractivity contribution in [2.75, 3.05) is 13.2 Å². The number of carboxylic acid groups (broad SMARTS) is 1. The molecule has 0 aliphatic carbocycles. The fraction of sp³-hybridized carbons (Fsp3) is 0.467. The third kappa shape index (κ3) is 4.19. The second-order valence-corrected chi connectivity index (χ2v) is 5.41. The van der Waals surface area contributed by atoms with Crippen LogP contribution in [0.25, 0.3) is 0 Å². The lowest BCUT2D eigenvalue weighted by Gasteiger charge is -2.34. The second kappa shape index (κ2) is 7.26. The number of amides is 1. The first-order valence-corrected chi connectivity index (χ1v) is 7.25. The first-order chi connectivity index (χ1) is 11.7. The molecule has 1 fully saturated rings. The number of rotatable bonds is 6. The lowest BCUT2D eigenvalue weighted by Crippen LogP contribution is -2.57. The average molecular weight is 365 g/mol. The Morgan fingerprint density at radius 3 is 2.40 bits per heavy atom. The predicted molar refractivity (Wildman–Crippen MR) is 75.9 cm³/mol. The van der Waals surface area contributed by atoms with Crippen LogP contribution in [0.3, 0.4) is 0 Å². The van der Waals surface area contributed by atoms with Crippen LogP contribution in [0.15, 0.2) is 24.3 Å². The van der Waals surface area contributed by atoms with E-state index in [0.717, 1.165) is 12.1 Å². The summed E-state index contributed by atoms with van der Waals surface area (Å²) in [6.07, 6.45) is -8.93. The van der Waals surface area contributed by atoms with E-state index in [1.807, 2.05) is 0 Å². The first-order valence-electron chi connectivity index (χ1n) is 7.25. The highest BCUT2D eigenvalue weighted by atomic mass is 19.3. The van der Waals surface area contributed by atoms with Crippen LogP contribution in [-0.2, 0) is 9.53 Å². The van der Waals surface area contributed by atoms with Gasteiger partial charge in [0, 0.05) is 26.1 Å². The normalized spacial score (nSPS) is 17.2. The third-order valence-corrected chi connectivity index (χ3v) is 3.74. The third-order valence-electron chi connectivity index (χ3n) is 3.74. The van der Waals surface area contributed by atoms with Crippen LogP contribution in [0, 0.1) is 0 Å². The fourth-order valence-electron chi connectivity index (χ4n) is 2.33. The second-order valence-electron chi connectivity index (χ2n) is 5.41. The lowest BCUT2D eigenvalue weighted by atomic mass is 9.89. The summed E-state index contributed by atoms with van der Waals surface area (Å²) < 4.78 is 59.9. The van der Waals surface area contributed by atoms with Crippen LogP contribution in [0.1, 0.15) is 23.2 Å². The molecule has 6 nitrogen and oxygen atoms in total. The van der Waals surface area contributed by atoms with Crippen molar-refractivity contribution in [1.29, 1.82) is 0 Å². The molecule has 10 heteroatoms. The van der Waals surface area contributed by atoms with Crippen molar-refractivity contribution in [3.8, 4) is 5.75 Å². The molecule has 1 aromatic carbocycles. The zero-order chi connectivity index (χ0) is 18.7. The minimum Gasteiger partial charge on any atom is -0.480 e. The molecule has 0 aromatic heterocycles. The van der Waals surface area contributed by atoms with Gasteiger partial charge in [0.25, 0.3) is 5.91 Å². The maximum Gasteiger partial charge on any atom is 0.461 e. The summed E-state index contributed by atoms with van der Waals surface area (Å²) >= 11 is 0. The minimum absolute atomic E-state index is 0.0235. The van der Waals surface area contributed by atoms with Gasteiger partial charge in [-0.25, -0.2) is 4.79 Å². The van der Waals surface area contributed by atoms with Crippen molar-refractivity contribution < 1.29 is 41.7 Å². The molecule has 0 bridgehead atoms. The Labute approximate surface area is 139 Å². The molecule has 1 aromatic rings. The van der Waals surface area contributed by atoms with Gasteiger partial charge in [0.2, 0.25) is 0 Å². The number of nitrogens with one attached hydrogen (secondary N) is 1. The molecular formula is C15H15F4NO5. The van der Waals surface area contributed by atoms with E-state index >= 15 is 0 Å². The first kappa shape index (κ1) is 19.0. The number of aliphatic carboxylic acids is 1. The number of alkyl halides is 4. The highest BCUT2D eigenvalue weighted by molar-refractivity contribution is 6.00. The van der Waals surface area contributed by atoms with E-state index in [2.05, 4.69) is 10.1 Å². The van der Waals surface area contributed by atoms with Crippen LogP contribution >= 0.6 is 0 Å². The molecule has 1 heterocycles. The van der Waals surface area contributed by atoms with Crippen molar-refractivity contribution >= 4 is 11.9 Å². The number of benzene rings is 1. The van der Waals surface area contributed by atoms with Gasteiger partial charge in [-0.15, -0.1) is 0 Å². The van der Waals surface area contributed by atoms with Gasteiger partial charge in [-0.2, -0.15) is 17.6 Å². The molecule has 1 saturated heterocycles. The van der Waals surface area contributed by atoms with Gasteiger partial charge in [0.1, 0.15) is 11.3 Å². The molecule has 25 heavy (non-hydrogen) atoms. The van der Waals surface area contributed by atoms with Crippen molar-refractivity contribution in [3.05, 3.63) is 29.8 Å². The van der Waals surface area contributed by atoms with Crippen LogP contribution in [-0.4, -0.2) is 48.3 Å². The van der Waals surface area contributed by atoms with Gasteiger partial charge in [-0.3, -0.25) is 4.79 Å². The Bertz CT molecular complexity index is 647. The Hall–Kier alpha value is -2.36. The smallest absolute Gasteiger partial charge is 0.461 e. The summed E-state index contributed by atoms with van der Waals surface area (Å²) in [5.74, 6) is -3.11. The summed E-state index contributed by atoms with van der Waals surface area (Å²) in [6.45, 7) is 0.183. The number of hydrogen-bond acceptors (Lipinski definition) is 4. The number of para-hydroxylation sites is 1. The summed E-state index contributed by atoms with van der Waals surface area (Å²) in [6, 6.07) is 4.51. The number of carboxylic acids is 1. The Balaban J connectivity index is 2.26. The number of halogens is 4. The zero-order valence-corrected chi connectivity index (χ0v) is 12.8. The number of ether oxygens (including phenoxy) is 2. The molecule has 1 aliphatic heterocycles. The molecule has 2 N–H and O–H groups in total. The van der Waals surface area contributed by atoms with Gasteiger partial charge in [-0.05, 0) is 12.1 Å². The standard InChI is InChI=1S/C15H15F4NO5/c16-12(17)15(18,19)25-10-4-2-1-3-9(10)11(21)20-14(13(22)23)5-7-24-8-6-14/h1-4,12H,5-8H2,(H,20,21)(H,22,23). The van der Waals surface area contributed by atoms with Gasteiger partial charge >= 0.3 is 18.5 Å². The predicted octanol–water partition coefficient (Wildman–Crippen LogP) is 2.29. The molecule has 0 unspecified atom stereocenters. The average Bonchev–Trinajstić information content (AvgIpc) is 2.55. The fourth-order valence-corrected chi connectivity index (χ4v) is 2.33. The highest BCUT2D eigenvalue weighted by Crippen LogP contribution is 2.30. The van der Waals surface area contributed by atoms with Crippen LogP contribution in [0.4, 0.5) is 17.6 Å². The molecule has 1 aliphatic rings. The quantitative estimate of drug-likeness (QED) is 0.756. The maximum atomic E-state index is 13.1. The van der Waals surface area contributed by atoms with Gasteiger partial charge in [0.15, 0.2) is 0 Å². The van der Waals surface area contributed by atoms with Crippen LogP contribution in [0.5, 0.6) is 5.75 Å². The Kier molecular flexibility index (Phi) is 5.51. The minimum atomic E-state index is -4.79.